The summed E-state index contributed by atoms with van der Waals surface area (Å²) in [4.78, 5) is 25.3. The van der Waals surface area contributed by atoms with Gasteiger partial charge in [-0.2, -0.15) is 0 Å². The topological polar surface area (TPSA) is 65.3 Å². The van der Waals surface area contributed by atoms with E-state index >= 15 is 0 Å². The monoisotopic (exact) mass is 439 g/mol. The van der Waals surface area contributed by atoms with E-state index in [0.717, 1.165) is 30.5 Å². The molecule has 174 valence electrons. The van der Waals surface area contributed by atoms with E-state index in [2.05, 4.69) is 37.4 Å². The zero-order valence-corrected chi connectivity index (χ0v) is 20.1. The van der Waals surface area contributed by atoms with E-state index < -0.39 is 0 Å². The highest BCUT2D eigenvalue weighted by Crippen LogP contribution is 2.70. The number of benzene rings is 1. The summed E-state index contributed by atoms with van der Waals surface area (Å²) < 4.78 is 10.2. The number of imidazole rings is 1. The molecular formula is C26H37N3O3. The zero-order chi connectivity index (χ0) is 22.8. The van der Waals surface area contributed by atoms with E-state index in [1.165, 1.54) is 12.0 Å². The summed E-state index contributed by atoms with van der Waals surface area (Å²) >= 11 is 0. The van der Waals surface area contributed by atoms with Crippen LogP contribution in [0.2, 0.25) is 0 Å². The number of carbonyl (C=O) groups is 1. The largest absolute Gasteiger partial charge is 0.373 e. The molecule has 2 saturated carbocycles. The van der Waals surface area contributed by atoms with E-state index in [1.54, 1.807) is 0 Å². The van der Waals surface area contributed by atoms with Gasteiger partial charge in [0, 0.05) is 32.2 Å². The van der Waals surface area contributed by atoms with Crippen molar-refractivity contribution in [1.29, 1.82) is 0 Å². The van der Waals surface area contributed by atoms with Gasteiger partial charge in [0.2, 0.25) is 5.91 Å². The summed E-state index contributed by atoms with van der Waals surface area (Å²) in [5, 5.41) is 3.44. The van der Waals surface area contributed by atoms with Crippen LogP contribution in [0.3, 0.4) is 0 Å². The molecule has 32 heavy (non-hydrogen) atoms. The summed E-state index contributed by atoms with van der Waals surface area (Å²) in [5.74, 6) is 1.14. The highest BCUT2D eigenvalue weighted by Gasteiger charge is 2.68. The van der Waals surface area contributed by atoms with Crippen LogP contribution in [0.5, 0.6) is 0 Å². The number of fused-ring (bicyclic) bond motifs is 2. The van der Waals surface area contributed by atoms with Crippen molar-refractivity contribution in [2.45, 2.75) is 85.5 Å². The lowest BCUT2D eigenvalue weighted by atomic mass is 9.59. The first-order chi connectivity index (χ1) is 15.3. The molecule has 1 saturated heterocycles. The minimum Gasteiger partial charge on any atom is -0.373 e. The lowest BCUT2D eigenvalue weighted by molar-refractivity contribution is -0.137. The van der Waals surface area contributed by atoms with Gasteiger partial charge in [-0.1, -0.05) is 26.8 Å². The molecule has 2 aromatic rings. The van der Waals surface area contributed by atoms with Gasteiger partial charge in [-0.3, -0.25) is 13.9 Å². The Balaban J connectivity index is 1.56. The molecule has 1 unspecified atom stereocenters. The van der Waals surface area contributed by atoms with E-state index in [4.69, 9.17) is 4.74 Å². The smallest absolute Gasteiger partial charge is 0.329 e. The molecule has 1 spiro atoms. The Hall–Kier alpha value is -2.08. The molecule has 6 heteroatoms. The van der Waals surface area contributed by atoms with Crippen LogP contribution in [-0.4, -0.2) is 27.7 Å². The summed E-state index contributed by atoms with van der Waals surface area (Å²) in [5.41, 5.74) is 3.43. The lowest BCUT2D eigenvalue weighted by Crippen LogP contribution is -2.58. The fourth-order valence-electron chi connectivity index (χ4n) is 7.51. The first-order valence-corrected chi connectivity index (χ1v) is 12.4. The number of rotatable bonds is 5. The first-order valence-electron chi connectivity index (χ1n) is 12.4. The second-order valence-electron chi connectivity index (χ2n) is 10.7. The van der Waals surface area contributed by atoms with Gasteiger partial charge in [-0.15, -0.1) is 0 Å². The molecule has 1 aromatic heterocycles. The molecule has 5 rings (SSSR count). The van der Waals surface area contributed by atoms with Crippen molar-refractivity contribution in [1.82, 2.24) is 14.5 Å². The number of hydrogen-bond donors (Lipinski definition) is 1. The maximum atomic E-state index is 12.8. The standard InChI is InChI=1S/C26H37N3O3/c1-6-21(30)27-23-25(4,5)17-14-18-22(32-12-11-26(18,23)15-17)16-9-10-19-20(13-16)29(8-3)24(31)28(19)7-2/h9-10,13,17-18,22-23H,6-8,11-12,14-15H2,1-5H3,(H,27,30)/t17-,18-,22-,23-,26?/m1/s1. The highest BCUT2D eigenvalue weighted by atomic mass is 16.5. The summed E-state index contributed by atoms with van der Waals surface area (Å²) in [6.45, 7) is 12.7. The van der Waals surface area contributed by atoms with Crippen LogP contribution in [0.4, 0.5) is 0 Å². The molecule has 3 fully saturated rings. The second kappa shape index (κ2) is 7.47. The van der Waals surface area contributed by atoms with Crippen molar-refractivity contribution in [3.8, 4) is 0 Å². The average molecular weight is 440 g/mol. The molecule has 2 heterocycles. The highest BCUT2D eigenvalue weighted by molar-refractivity contribution is 5.77. The molecule has 3 aliphatic rings. The quantitative estimate of drug-likeness (QED) is 0.757. The molecule has 1 aromatic carbocycles. The van der Waals surface area contributed by atoms with Crippen molar-refractivity contribution >= 4 is 16.9 Å². The normalized spacial score (nSPS) is 32.9. The van der Waals surface area contributed by atoms with Crippen molar-refractivity contribution in [3.63, 3.8) is 0 Å². The lowest BCUT2D eigenvalue weighted by Gasteiger charge is -2.53. The number of carbonyl (C=O) groups excluding carboxylic acids is 1. The number of aryl methyl sites for hydroxylation is 2. The molecular weight excluding hydrogens is 402 g/mol. The van der Waals surface area contributed by atoms with Gasteiger partial charge in [0.1, 0.15) is 0 Å². The number of aromatic nitrogens is 2. The van der Waals surface area contributed by atoms with E-state index in [0.29, 0.717) is 31.3 Å². The number of amides is 1. The van der Waals surface area contributed by atoms with Crippen molar-refractivity contribution in [2.24, 2.45) is 22.7 Å². The Morgan fingerprint density at radius 1 is 1.16 bits per heavy atom. The van der Waals surface area contributed by atoms with Crippen molar-refractivity contribution in [3.05, 3.63) is 34.2 Å². The maximum absolute atomic E-state index is 12.8. The Morgan fingerprint density at radius 2 is 1.88 bits per heavy atom. The van der Waals surface area contributed by atoms with E-state index in [1.807, 2.05) is 29.9 Å². The Kier molecular flexibility index (Phi) is 5.08. The number of hydrogen-bond acceptors (Lipinski definition) is 3. The Morgan fingerprint density at radius 3 is 2.56 bits per heavy atom. The van der Waals surface area contributed by atoms with Crippen LogP contribution in [-0.2, 0) is 22.6 Å². The summed E-state index contributed by atoms with van der Waals surface area (Å²) in [7, 11) is 0. The third-order valence-electron chi connectivity index (χ3n) is 9.14. The van der Waals surface area contributed by atoms with Crippen molar-refractivity contribution < 1.29 is 9.53 Å². The molecule has 2 aliphatic carbocycles. The SMILES string of the molecule is CCC(=O)N[C@@H]1C(C)(C)[C@@H]2C[C@@H]3[C@@H](c4ccc5c(c4)n(CC)c(=O)n5CC)OCCC31C2. The van der Waals surface area contributed by atoms with Gasteiger partial charge in [0.05, 0.1) is 17.1 Å². The van der Waals surface area contributed by atoms with Crippen LogP contribution in [0, 0.1) is 22.7 Å². The minimum absolute atomic E-state index is 0.0145. The van der Waals surface area contributed by atoms with Gasteiger partial charge in [0.15, 0.2) is 0 Å². The summed E-state index contributed by atoms with van der Waals surface area (Å²) in [6.07, 6.45) is 3.87. The minimum atomic E-state index is 0.0145. The molecule has 2 bridgehead atoms. The number of ether oxygens (including phenoxy) is 1. The molecule has 5 atom stereocenters. The van der Waals surface area contributed by atoms with Crippen molar-refractivity contribution in [2.75, 3.05) is 6.61 Å². The summed E-state index contributed by atoms with van der Waals surface area (Å²) in [6, 6.07) is 6.64. The van der Waals surface area contributed by atoms with Gasteiger partial charge in [0.25, 0.3) is 0 Å². The van der Waals surface area contributed by atoms with Gasteiger partial charge < -0.3 is 10.1 Å². The molecule has 6 nitrogen and oxygen atoms in total. The third kappa shape index (κ3) is 2.81. The van der Waals surface area contributed by atoms with Crippen LogP contribution in [0.15, 0.2) is 23.0 Å². The molecule has 0 radical (unpaired) electrons. The fraction of sp³-hybridized carbons (Fsp3) is 0.692. The third-order valence-corrected chi connectivity index (χ3v) is 9.14. The second-order valence-corrected chi connectivity index (χ2v) is 10.7. The number of nitrogens with zero attached hydrogens (tertiary/aromatic N) is 2. The van der Waals surface area contributed by atoms with Gasteiger partial charge in [-0.05, 0) is 73.5 Å². The Bertz CT molecular complexity index is 1110. The predicted octanol–water partition coefficient (Wildman–Crippen LogP) is 4.25. The average Bonchev–Trinajstić information content (AvgIpc) is 3.37. The molecule has 1 aliphatic heterocycles. The van der Waals surface area contributed by atoms with Crippen LogP contribution >= 0.6 is 0 Å². The van der Waals surface area contributed by atoms with Gasteiger partial charge in [-0.25, -0.2) is 4.79 Å². The van der Waals surface area contributed by atoms with Crippen LogP contribution < -0.4 is 11.0 Å². The van der Waals surface area contributed by atoms with Gasteiger partial charge >= 0.3 is 5.69 Å². The van der Waals surface area contributed by atoms with Crippen LogP contribution in [0.25, 0.3) is 11.0 Å². The molecule has 1 N–H and O–H groups in total. The van der Waals surface area contributed by atoms with E-state index in [-0.39, 0.29) is 34.6 Å². The Labute approximate surface area is 190 Å². The molecule has 1 amide bonds. The van der Waals surface area contributed by atoms with Crippen LogP contribution in [0.1, 0.15) is 72.0 Å². The number of nitrogens with one attached hydrogen (secondary N) is 1. The zero-order valence-electron chi connectivity index (χ0n) is 20.1. The first kappa shape index (κ1) is 21.7. The predicted molar refractivity (Wildman–Crippen MR) is 126 cm³/mol. The fourth-order valence-corrected chi connectivity index (χ4v) is 7.51. The van der Waals surface area contributed by atoms with E-state index in [9.17, 15) is 9.59 Å². The maximum Gasteiger partial charge on any atom is 0.329 e.